The fourth-order valence-electron chi connectivity index (χ4n) is 0.739. The lowest BCUT2D eigenvalue weighted by Gasteiger charge is -2.01. The third-order valence-corrected chi connectivity index (χ3v) is 1.40. The number of ether oxygens (including phenoxy) is 1. The van der Waals surface area contributed by atoms with Crippen molar-refractivity contribution in [3.8, 4) is 5.75 Å². The van der Waals surface area contributed by atoms with Crippen molar-refractivity contribution in [1.82, 2.24) is 0 Å². The Morgan fingerprint density at radius 2 is 2.00 bits per heavy atom. The maximum atomic E-state index is 10.8. The molecule has 2 N–H and O–H groups in total. The summed E-state index contributed by atoms with van der Waals surface area (Å²) in [6.07, 6.45) is 0.379. The summed E-state index contributed by atoms with van der Waals surface area (Å²) in [5.74, 6) is 0.302. The highest BCUT2D eigenvalue weighted by atomic mass is 16.5. The van der Waals surface area contributed by atoms with E-state index in [2.05, 4.69) is 0 Å². The van der Waals surface area contributed by atoms with Crippen molar-refractivity contribution < 1.29 is 9.53 Å². The molecule has 0 fully saturated rings. The van der Waals surface area contributed by atoms with Crippen LogP contribution in [-0.4, -0.2) is 5.97 Å². The van der Waals surface area contributed by atoms with Gasteiger partial charge in [0.25, 0.3) is 0 Å². The van der Waals surface area contributed by atoms with Crippen molar-refractivity contribution in [1.29, 1.82) is 0 Å². The number of carbonyl (C=O) groups is 1. The zero-order valence-electron chi connectivity index (χ0n) is 6.91. The molecule has 1 rings (SSSR count). The minimum atomic E-state index is -0.236. The summed E-state index contributed by atoms with van der Waals surface area (Å²) in [6.45, 7) is 1.75. The van der Waals surface area contributed by atoms with E-state index in [0.717, 1.165) is 0 Å². The SMILES string of the molecule is CCC(=O)Oc1ccc(N)cc1. The van der Waals surface area contributed by atoms with Gasteiger partial charge in [0.1, 0.15) is 5.75 Å². The van der Waals surface area contributed by atoms with Gasteiger partial charge in [-0.1, -0.05) is 6.92 Å². The molecule has 0 aliphatic heterocycles. The normalized spacial score (nSPS) is 9.42. The number of nitrogen functional groups attached to an aromatic ring is 1. The molecule has 0 saturated heterocycles. The second-order valence-electron chi connectivity index (χ2n) is 2.40. The molecule has 0 atom stereocenters. The second-order valence-corrected chi connectivity index (χ2v) is 2.40. The largest absolute Gasteiger partial charge is 0.427 e. The number of rotatable bonds is 2. The van der Waals surface area contributed by atoms with E-state index >= 15 is 0 Å². The van der Waals surface area contributed by atoms with Gasteiger partial charge in [0.15, 0.2) is 0 Å². The van der Waals surface area contributed by atoms with Crippen LogP contribution in [0.25, 0.3) is 0 Å². The van der Waals surface area contributed by atoms with Crippen LogP contribution in [-0.2, 0) is 4.79 Å². The molecule has 0 aromatic heterocycles. The summed E-state index contributed by atoms with van der Waals surface area (Å²) < 4.78 is 4.92. The number of carbonyl (C=O) groups excluding carboxylic acids is 1. The van der Waals surface area contributed by atoms with Crippen LogP contribution in [0.15, 0.2) is 24.3 Å². The van der Waals surface area contributed by atoms with E-state index in [-0.39, 0.29) is 5.97 Å². The first-order valence-corrected chi connectivity index (χ1v) is 3.78. The molecule has 0 bridgehead atoms. The lowest BCUT2D eigenvalue weighted by atomic mass is 10.3. The molecular weight excluding hydrogens is 154 g/mol. The average Bonchev–Trinajstić information content (AvgIpc) is 2.09. The van der Waals surface area contributed by atoms with Crippen LogP contribution < -0.4 is 10.5 Å². The third kappa shape index (κ3) is 2.27. The smallest absolute Gasteiger partial charge is 0.310 e. The molecule has 1 aromatic rings. The van der Waals surface area contributed by atoms with Crippen LogP contribution in [0.1, 0.15) is 13.3 Å². The number of benzene rings is 1. The number of esters is 1. The van der Waals surface area contributed by atoms with Crippen molar-refractivity contribution >= 4 is 11.7 Å². The highest BCUT2D eigenvalue weighted by Crippen LogP contribution is 2.13. The Balaban J connectivity index is 2.64. The molecule has 0 aliphatic carbocycles. The van der Waals surface area contributed by atoms with Gasteiger partial charge in [-0.3, -0.25) is 4.79 Å². The molecule has 3 heteroatoms. The minimum absolute atomic E-state index is 0.236. The number of hydrogen-bond donors (Lipinski definition) is 1. The molecule has 12 heavy (non-hydrogen) atoms. The molecule has 64 valence electrons. The van der Waals surface area contributed by atoms with E-state index in [9.17, 15) is 4.79 Å². The predicted molar refractivity (Wildman–Crippen MR) is 46.8 cm³/mol. The van der Waals surface area contributed by atoms with Crippen molar-refractivity contribution in [2.24, 2.45) is 0 Å². The van der Waals surface area contributed by atoms with Gasteiger partial charge in [-0.2, -0.15) is 0 Å². The predicted octanol–water partition coefficient (Wildman–Crippen LogP) is 1.58. The van der Waals surface area contributed by atoms with E-state index in [4.69, 9.17) is 10.5 Å². The maximum Gasteiger partial charge on any atom is 0.310 e. The maximum absolute atomic E-state index is 10.8. The average molecular weight is 165 g/mol. The molecule has 0 aliphatic rings. The summed E-state index contributed by atoms with van der Waals surface area (Å²) in [5, 5.41) is 0. The van der Waals surface area contributed by atoms with Crippen LogP contribution in [0.5, 0.6) is 5.75 Å². The first-order chi connectivity index (χ1) is 5.72. The third-order valence-electron chi connectivity index (χ3n) is 1.40. The fraction of sp³-hybridized carbons (Fsp3) is 0.222. The molecule has 0 saturated carbocycles. The van der Waals surface area contributed by atoms with Crippen molar-refractivity contribution in [2.45, 2.75) is 13.3 Å². The van der Waals surface area contributed by atoms with Gasteiger partial charge >= 0.3 is 5.97 Å². The van der Waals surface area contributed by atoms with Crippen molar-refractivity contribution in [3.63, 3.8) is 0 Å². The Hall–Kier alpha value is -1.51. The summed E-state index contributed by atoms with van der Waals surface area (Å²) in [4.78, 5) is 10.8. The minimum Gasteiger partial charge on any atom is -0.427 e. The highest BCUT2D eigenvalue weighted by molar-refractivity contribution is 5.72. The van der Waals surface area contributed by atoms with Gasteiger partial charge in [0.05, 0.1) is 0 Å². The van der Waals surface area contributed by atoms with Crippen molar-refractivity contribution in [2.75, 3.05) is 5.73 Å². The lowest BCUT2D eigenvalue weighted by Crippen LogP contribution is -2.05. The standard InChI is InChI=1S/C9H11NO2/c1-2-9(11)12-8-5-3-7(10)4-6-8/h3-6H,2,10H2,1H3. The van der Waals surface area contributed by atoms with E-state index in [1.165, 1.54) is 0 Å². The summed E-state index contributed by atoms with van der Waals surface area (Å²) in [5.41, 5.74) is 6.11. The second kappa shape index (κ2) is 3.76. The topological polar surface area (TPSA) is 52.3 Å². The van der Waals surface area contributed by atoms with E-state index in [1.807, 2.05) is 0 Å². The molecule has 0 spiro atoms. The Kier molecular flexibility index (Phi) is 2.69. The summed E-state index contributed by atoms with van der Waals surface area (Å²) in [6, 6.07) is 6.72. The summed E-state index contributed by atoms with van der Waals surface area (Å²) in [7, 11) is 0. The van der Waals surface area contributed by atoms with Crippen LogP contribution in [0.3, 0.4) is 0 Å². The Morgan fingerprint density at radius 3 is 2.50 bits per heavy atom. The monoisotopic (exact) mass is 165 g/mol. The molecule has 0 radical (unpaired) electrons. The molecular formula is C9H11NO2. The number of hydrogen-bond acceptors (Lipinski definition) is 3. The Labute approximate surface area is 71.1 Å². The van der Waals surface area contributed by atoms with Crippen LogP contribution in [0.4, 0.5) is 5.69 Å². The molecule has 0 unspecified atom stereocenters. The molecule has 1 aromatic carbocycles. The zero-order chi connectivity index (χ0) is 8.97. The van der Waals surface area contributed by atoms with Crippen LogP contribution in [0.2, 0.25) is 0 Å². The highest BCUT2D eigenvalue weighted by Gasteiger charge is 1.99. The van der Waals surface area contributed by atoms with Gasteiger partial charge in [-0.05, 0) is 24.3 Å². The Morgan fingerprint density at radius 1 is 1.42 bits per heavy atom. The first kappa shape index (κ1) is 8.59. The number of nitrogens with two attached hydrogens (primary N) is 1. The van der Waals surface area contributed by atoms with Crippen LogP contribution >= 0.6 is 0 Å². The van der Waals surface area contributed by atoms with Gasteiger partial charge in [0.2, 0.25) is 0 Å². The number of anilines is 1. The quantitative estimate of drug-likeness (QED) is 0.411. The lowest BCUT2D eigenvalue weighted by molar-refractivity contribution is -0.134. The van der Waals surface area contributed by atoms with Gasteiger partial charge in [-0.25, -0.2) is 0 Å². The van der Waals surface area contributed by atoms with Gasteiger partial charge < -0.3 is 10.5 Å². The van der Waals surface area contributed by atoms with E-state index in [0.29, 0.717) is 17.9 Å². The van der Waals surface area contributed by atoms with Gasteiger partial charge in [-0.15, -0.1) is 0 Å². The van der Waals surface area contributed by atoms with E-state index in [1.54, 1.807) is 31.2 Å². The Bertz CT molecular complexity index is 266. The molecule has 3 nitrogen and oxygen atoms in total. The van der Waals surface area contributed by atoms with Crippen LogP contribution in [0, 0.1) is 0 Å². The van der Waals surface area contributed by atoms with Gasteiger partial charge in [0, 0.05) is 12.1 Å². The fourth-order valence-corrected chi connectivity index (χ4v) is 0.739. The van der Waals surface area contributed by atoms with E-state index < -0.39 is 0 Å². The van der Waals surface area contributed by atoms with Crippen molar-refractivity contribution in [3.05, 3.63) is 24.3 Å². The first-order valence-electron chi connectivity index (χ1n) is 3.78. The zero-order valence-corrected chi connectivity index (χ0v) is 6.91. The molecule has 0 heterocycles. The molecule has 0 amide bonds. The summed E-state index contributed by atoms with van der Waals surface area (Å²) >= 11 is 0.